The smallest absolute Gasteiger partial charge is 0.374 e. The molecule has 1 unspecified atom stereocenters. The van der Waals surface area contributed by atoms with Crippen LogP contribution in [0.25, 0.3) is 0 Å². The number of benzene rings is 1. The molecule has 1 aromatic carbocycles. The lowest BCUT2D eigenvalue weighted by atomic mass is 10.0. The summed E-state index contributed by atoms with van der Waals surface area (Å²) in [6, 6.07) is 5.60. The molecule has 2 nitrogen and oxygen atoms in total. The van der Waals surface area contributed by atoms with E-state index < -0.39 is 12.6 Å². The Kier molecular flexibility index (Phi) is 6.33. The van der Waals surface area contributed by atoms with Gasteiger partial charge in [-0.15, -0.1) is 0 Å². The maximum absolute atomic E-state index is 12.3. The summed E-state index contributed by atoms with van der Waals surface area (Å²) in [5.41, 5.74) is 7.73. The molecule has 0 aliphatic heterocycles. The third-order valence-corrected chi connectivity index (χ3v) is 3.68. The third-order valence-electron chi connectivity index (χ3n) is 3.19. The van der Waals surface area contributed by atoms with Crippen LogP contribution >= 0.6 is 15.9 Å². The molecule has 0 fully saturated rings. The maximum Gasteiger partial charge on any atom is 0.390 e. The Labute approximate surface area is 126 Å². The Hall–Kier alpha value is -0.750. The summed E-state index contributed by atoms with van der Waals surface area (Å²) < 4.78 is 37.8. The Bertz CT molecular complexity index is 435. The summed E-state index contributed by atoms with van der Waals surface area (Å²) in [6.07, 6.45) is -3.47. The van der Waals surface area contributed by atoms with Gasteiger partial charge in [0.1, 0.15) is 0 Å². The van der Waals surface area contributed by atoms with Crippen molar-refractivity contribution in [2.24, 2.45) is 5.73 Å². The molecule has 0 saturated carbocycles. The Morgan fingerprint density at radius 1 is 1.35 bits per heavy atom. The first-order chi connectivity index (χ1) is 9.23. The van der Waals surface area contributed by atoms with Gasteiger partial charge in [-0.05, 0) is 36.6 Å². The number of anilines is 1. The van der Waals surface area contributed by atoms with Gasteiger partial charge < -0.3 is 10.6 Å². The molecule has 1 atom stereocenters. The van der Waals surface area contributed by atoms with E-state index in [0.717, 1.165) is 22.1 Å². The number of hydrogen-bond acceptors (Lipinski definition) is 2. The van der Waals surface area contributed by atoms with Gasteiger partial charge in [-0.3, -0.25) is 0 Å². The highest BCUT2D eigenvalue weighted by Crippen LogP contribution is 2.27. The van der Waals surface area contributed by atoms with Gasteiger partial charge in [-0.1, -0.05) is 22.9 Å². The quantitative estimate of drug-likeness (QED) is 0.834. The first-order valence-electron chi connectivity index (χ1n) is 6.55. The zero-order chi connectivity index (χ0) is 15.3. The summed E-state index contributed by atoms with van der Waals surface area (Å²) in [7, 11) is 1.68. The molecule has 0 aliphatic rings. The minimum Gasteiger partial charge on any atom is -0.374 e. The van der Waals surface area contributed by atoms with Gasteiger partial charge in [0.05, 0.1) is 6.42 Å². The first-order valence-corrected chi connectivity index (χ1v) is 7.34. The lowest BCUT2D eigenvalue weighted by Gasteiger charge is -2.24. The van der Waals surface area contributed by atoms with Crippen LogP contribution < -0.4 is 10.6 Å². The molecule has 0 bridgehead atoms. The van der Waals surface area contributed by atoms with E-state index in [1.54, 1.807) is 11.9 Å². The van der Waals surface area contributed by atoms with Gasteiger partial charge in [0.25, 0.3) is 0 Å². The van der Waals surface area contributed by atoms with Crippen LogP contribution in [0.3, 0.4) is 0 Å². The Morgan fingerprint density at radius 3 is 2.55 bits per heavy atom. The SMILES string of the molecule is CCC(N)Cc1cc(Br)ccc1N(C)CCC(F)(F)F. The second kappa shape index (κ2) is 7.31. The van der Waals surface area contributed by atoms with Crippen molar-refractivity contribution in [3.05, 3.63) is 28.2 Å². The number of hydrogen-bond donors (Lipinski definition) is 1. The van der Waals surface area contributed by atoms with Crippen LogP contribution in [-0.2, 0) is 6.42 Å². The van der Waals surface area contributed by atoms with Gasteiger partial charge in [0.2, 0.25) is 0 Å². The van der Waals surface area contributed by atoms with Crippen molar-refractivity contribution in [3.8, 4) is 0 Å². The van der Waals surface area contributed by atoms with E-state index in [1.165, 1.54) is 0 Å². The van der Waals surface area contributed by atoms with E-state index >= 15 is 0 Å². The summed E-state index contributed by atoms with van der Waals surface area (Å²) >= 11 is 3.39. The molecule has 20 heavy (non-hydrogen) atoms. The zero-order valence-corrected chi connectivity index (χ0v) is 13.3. The summed E-state index contributed by atoms with van der Waals surface area (Å²) in [6.45, 7) is 1.94. The van der Waals surface area contributed by atoms with Crippen molar-refractivity contribution in [1.29, 1.82) is 0 Å². The lowest BCUT2D eigenvalue weighted by molar-refractivity contribution is -0.132. The predicted octanol–water partition coefficient (Wildman–Crippen LogP) is 4.12. The molecule has 0 radical (unpaired) electrons. The highest BCUT2D eigenvalue weighted by atomic mass is 79.9. The van der Waals surface area contributed by atoms with Crippen molar-refractivity contribution < 1.29 is 13.2 Å². The summed E-state index contributed by atoms with van der Waals surface area (Å²) in [5.74, 6) is 0. The van der Waals surface area contributed by atoms with Crippen molar-refractivity contribution in [3.63, 3.8) is 0 Å². The van der Waals surface area contributed by atoms with E-state index in [0.29, 0.717) is 6.42 Å². The molecule has 0 aliphatic carbocycles. The van der Waals surface area contributed by atoms with Gasteiger partial charge in [-0.25, -0.2) is 0 Å². The Morgan fingerprint density at radius 2 is 2.00 bits per heavy atom. The van der Waals surface area contributed by atoms with Crippen LogP contribution in [0.1, 0.15) is 25.3 Å². The second-order valence-electron chi connectivity index (χ2n) is 4.93. The Balaban J connectivity index is 2.87. The van der Waals surface area contributed by atoms with E-state index in [1.807, 2.05) is 25.1 Å². The topological polar surface area (TPSA) is 29.3 Å². The normalized spacial score (nSPS) is 13.3. The van der Waals surface area contributed by atoms with Crippen LogP contribution in [0.15, 0.2) is 22.7 Å². The minimum atomic E-state index is -4.14. The van der Waals surface area contributed by atoms with E-state index in [9.17, 15) is 13.2 Å². The average molecular weight is 353 g/mol. The molecule has 6 heteroatoms. The van der Waals surface area contributed by atoms with Crippen molar-refractivity contribution in [1.82, 2.24) is 0 Å². The molecule has 1 aromatic rings. The number of halogens is 4. The van der Waals surface area contributed by atoms with E-state index in [-0.39, 0.29) is 12.6 Å². The van der Waals surface area contributed by atoms with Gasteiger partial charge in [-0.2, -0.15) is 13.2 Å². The highest BCUT2D eigenvalue weighted by Gasteiger charge is 2.27. The number of nitrogens with two attached hydrogens (primary N) is 1. The van der Waals surface area contributed by atoms with Crippen LogP contribution in [0, 0.1) is 0 Å². The maximum atomic E-state index is 12.3. The van der Waals surface area contributed by atoms with Crippen LogP contribution in [0.4, 0.5) is 18.9 Å². The van der Waals surface area contributed by atoms with Crippen molar-refractivity contribution in [2.45, 2.75) is 38.4 Å². The third kappa shape index (κ3) is 5.71. The summed E-state index contributed by atoms with van der Waals surface area (Å²) in [4.78, 5) is 1.64. The van der Waals surface area contributed by atoms with Gasteiger partial charge >= 0.3 is 6.18 Å². The molecular weight excluding hydrogens is 333 g/mol. The first kappa shape index (κ1) is 17.3. The molecule has 2 N–H and O–H groups in total. The molecule has 0 spiro atoms. The highest BCUT2D eigenvalue weighted by molar-refractivity contribution is 9.10. The molecule has 0 saturated heterocycles. The van der Waals surface area contributed by atoms with Gasteiger partial charge in [0.15, 0.2) is 0 Å². The van der Waals surface area contributed by atoms with Crippen LogP contribution in [-0.4, -0.2) is 25.8 Å². The van der Waals surface area contributed by atoms with E-state index in [4.69, 9.17) is 5.73 Å². The molecule has 0 heterocycles. The molecule has 0 amide bonds. The average Bonchev–Trinajstić information content (AvgIpc) is 2.35. The fourth-order valence-electron chi connectivity index (χ4n) is 1.93. The molecule has 0 aromatic heterocycles. The lowest BCUT2D eigenvalue weighted by Crippen LogP contribution is -2.27. The van der Waals surface area contributed by atoms with Crippen LogP contribution in [0.5, 0.6) is 0 Å². The van der Waals surface area contributed by atoms with Gasteiger partial charge in [0, 0.05) is 29.8 Å². The zero-order valence-electron chi connectivity index (χ0n) is 11.7. The number of rotatable bonds is 6. The number of nitrogens with zero attached hydrogens (tertiary/aromatic N) is 1. The predicted molar refractivity (Wildman–Crippen MR) is 80.1 cm³/mol. The molecular formula is C14H20BrF3N2. The fourth-order valence-corrected chi connectivity index (χ4v) is 2.34. The second-order valence-corrected chi connectivity index (χ2v) is 5.85. The fraction of sp³-hybridized carbons (Fsp3) is 0.571. The summed E-state index contributed by atoms with van der Waals surface area (Å²) in [5, 5.41) is 0. The molecule has 114 valence electrons. The van der Waals surface area contributed by atoms with Crippen molar-refractivity contribution >= 4 is 21.6 Å². The minimum absolute atomic E-state index is 0.0130. The number of alkyl halides is 3. The molecule has 1 rings (SSSR count). The van der Waals surface area contributed by atoms with Crippen LogP contribution in [0.2, 0.25) is 0 Å². The monoisotopic (exact) mass is 352 g/mol. The van der Waals surface area contributed by atoms with Crippen molar-refractivity contribution in [2.75, 3.05) is 18.5 Å². The van der Waals surface area contributed by atoms with E-state index in [2.05, 4.69) is 15.9 Å². The standard InChI is InChI=1S/C14H20BrF3N2/c1-3-12(19)9-10-8-11(15)4-5-13(10)20(2)7-6-14(16,17)18/h4-5,8,12H,3,6-7,9,19H2,1-2H3. The largest absolute Gasteiger partial charge is 0.390 e.